The zero-order valence-electron chi connectivity index (χ0n) is 18.4. The van der Waals surface area contributed by atoms with Crippen LogP contribution < -0.4 is 0 Å². The standard InChI is InChI=1S/C25H18F6O4/c1-34-21(32)23(22(33)35-2,15-3-5-17-7-11-19(12-8-17)24(26,27)28)16-4-6-18-9-13-20(14-10-18)25(29,30)31/h7-14H,15-16H2,1-2H3. The number of ether oxygens (including phenoxy) is 2. The summed E-state index contributed by atoms with van der Waals surface area (Å²) in [6.07, 6.45) is -9.89. The maximum Gasteiger partial charge on any atom is 0.416 e. The molecule has 4 nitrogen and oxygen atoms in total. The molecule has 0 aromatic heterocycles. The molecule has 0 atom stereocenters. The fourth-order valence-corrected chi connectivity index (χ4v) is 2.90. The predicted molar refractivity (Wildman–Crippen MR) is 112 cm³/mol. The summed E-state index contributed by atoms with van der Waals surface area (Å²) in [5, 5.41) is 0. The van der Waals surface area contributed by atoms with Crippen molar-refractivity contribution < 1.29 is 45.4 Å². The molecule has 0 fully saturated rings. The van der Waals surface area contributed by atoms with Crippen LogP contribution in [0.25, 0.3) is 0 Å². The van der Waals surface area contributed by atoms with Crippen molar-refractivity contribution >= 4 is 11.9 Å². The summed E-state index contributed by atoms with van der Waals surface area (Å²) >= 11 is 0. The first-order chi connectivity index (χ1) is 16.3. The van der Waals surface area contributed by atoms with Gasteiger partial charge in [0.15, 0.2) is 5.41 Å². The van der Waals surface area contributed by atoms with Crippen LogP contribution in [0.2, 0.25) is 0 Å². The number of hydrogen-bond acceptors (Lipinski definition) is 4. The minimum Gasteiger partial charge on any atom is -0.468 e. The Morgan fingerprint density at radius 3 is 1.23 bits per heavy atom. The molecule has 0 unspecified atom stereocenters. The lowest BCUT2D eigenvalue weighted by Gasteiger charge is -2.24. The highest BCUT2D eigenvalue weighted by atomic mass is 19.4. The van der Waals surface area contributed by atoms with E-state index in [4.69, 9.17) is 9.47 Å². The number of hydrogen-bond donors (Lipinski definition) is 0. The lowest BCUT2D eigenvalue weighted by atomic mass is 9.81. The van der Waals surface area contributed by atoms with Crippen molar-refractivity contribution in [3.8, 4) is 23.7 Å². The lowest BCUT2D eigenvalue weighted by Crippen LogP contribution is -2.40. The van der Waals surface area contributed by atoms with Crippen LogP contribution >= 0.6 is 0 Å². The summed E-state index contributed by atoms with van der Waals surface area (Å²) in [5.41, 5.74) is -3.29. The molecular weight excluding hydrogens is 478 g/mol. The monoisotopic (exact) mass is 496 g/mol. The number of carbonyl (C=O) groups excluding carboxylic acids is 2. The van der Waals surface area contributed by atoms with Gasteiger partial charge in [0.05, 0.1) is 25.3 Å². The molecule has 2 rings (SSSR count). The number of benzene rings is 2. The van der Waals surface area contributed by atoms with Gasteiger partial charge in [-0.25, -0.2) is 0 Å². The van der Waals surface area contributed by atoms with E-state index in [1.54, 1.807) is 0 Å². The van der Waals surface area contributed by atoms with Gasteiger partial charge in [0.25, 0.3) is 0 Å². The van der Waals surface area contributed by atoms with Crippen molar-refractivity contribution in [1.29, 1.82) is 0 Å². The number of rotatable bonds is 4. The molecule has 2 aromatic rings. The van der Waals surface area contributed by atoms with Crippen LogP contribution in [0.5, 0.6) is 0 Å². The molecule has 0 amide bonds. The average Bonchev–Trinajstić information content (AvgIpc) is 2.81. The first-order valence-electron chi connectivity index (χ1n) is 9.82. The van der Waals surface area contributed by atoms with Crippen LogP contribution in [0, 0.1) is 29.1 Å². The maximum atomic E-state index is 12.7. The molecule has 0 saturated heterocycles. The van der Waals surface area contributed by atoms with Gasteiger partial charge in [0.1, 0.15) is 0 Å². The Labute approximate surface area is 197 Å². The van der Waals surface area contributed by atoms with Gasteiger partial charge in [0.2, 0.25) is 0 Å². The normalized spacial score (nSPS) is 11.4. The van der Waals surface area contributed by atoms with E-state index in [9.17, 15) is 35.9 Å². The van der Waals surface area contributed by atoms with Crippen molar-refractivity contribution in [2.24, 2.45) is 5.41 Å². The van der Waals surface area contributed by atoms with E-state index < -0.39 is 53.7 Å². The van der Waals surface area contributed by atoms with E-state index >= 15 is 0 Å². The fraction of sp³-hybridized carbons (Fsp3) is 0.280. The SMILES string of the molecule is COC(=O)C(CC#Cc1ccc(C(F)(F)F)cc1)(CC#Cc1ccc(C(F)(F)F)cc1)C(=O)OC. The largest absolute Gasteiger partial charge is 0.468 e. The van der Waals surface area contributed by atoms with Gasteiger partial charge in [-0.15, -0.1) is 0 Å². The molecule has 0 radical (unpaired) electrons. The molecular formula is C25H18F6O4. The molecule has 0 spiro atoms. The van der Waals surface area contributed by atoms with Crippen molar-refractivity contribution in [2.75, 3.05) is 14.2 Å². The number of halogens is 6. The zero-order chi connectivity index (χ0) is 26.3. The molecule has 0 saturated carbocycles. The Morgan fingerprint density at radius 2 is 0.971 bits per heavy atom. The van der Waals surface area contributed by atoms with Gasteiger partial charge in [-0.05, 0) is 48.5 Å². The summed E-state index contributed by atoms with van der Waals surface area (Å²) in [7, 11) is 2.07. The summed E-state index contributed by atoms with van der Waals surface area (Å²) in [4.78, 5) is 25.0. The van der Waals surface area contributed by atoms with Gasteiger partial charge in [0, 0.05) is 24.0 Å². The van der Waals surface area contributed by atoms with Crippen molar-refractivity contribution in [1.82, 2.24) is 0 Å². The first-order valence-corrected chi connectivity index (χ1v) is 9.82. The third-order valence-corrected chi connectivity index (χ3v) is 4.82. The summed E-state index contributed by atoms with van der Waals surface area (Å²) in [5.74, 6) is 8.30. The van der Waals surface area contributed by atoms with Crippen molar-refractivity contribution in [2.45, 2.75) is 25.2 Å². The molecule has 35 heavy (non-hydrogen) atoms. The third-order valence-electron chi connectivity index (χ3n) is 4.82. The van der Waals surface area contributed by atoms with Gasteiger partial charge in [-0.3, -0.25) is 9.59 Å². The van der Waals surface area contributed by atoms with Gasteiger partial charge < -0.3 is 9.47 Å². The van der Waals surface area contributed by atoms with E-state index in [0.717, 1.165) is 62.8 Å². The second-order valence-corrected chi connectivity index (χ2v) is 7.17. The number of carbonyl (C=O) groups is 2. The minimum atomic E-state index is -4.51. The summed E-state index contributed by atoms with van der Waals surface area (Å²) < 4.78 is 85.6. The Balaban J connectivity index is 2.31. The second kappa shape index (κ2) is 11.0. The van der Waals surface area contributed by atoms with Crippen LogP contribution in [0.3, 0.4) is 0 Å². The molecule has 0 aliphatic rings. The van der Waals surface area contributed by atoms with Crippen molar-refractivity contribution in [3.63, 3.8) is 0 Å². The van der Waals surface area contributed by atoms with Gasteiger partial charge >= 0.3 is 24.3 Å². The predicted octanol–water partition coefficient (Wildman–Crippen LogP) is 5.24. The molecule has 0 N–H and O–H groups in total. The third kappa shape index (κ3) is 7.03. The Morgan fingerprint density at radius 1 is 0.657 bits per heavy atom. The zero-order valence-corrected chi connectivity index (χ0v) is 18.4. The highest BCUT2D eigenvalue weighted by molar-refractivity contribution is 6.00. The smallest absolute Gasteiger partial charge is 0.416 e. The molecule has 0 aliphatic carbocycles. The Bertz CT molecular complexity index is 1080. The molecule has 2 aromatic carbocycles. The van der Waals surface area contributed by atoms with Crippen LogP contribution in [-0.2, 0) is 31.4 Å². The quantitative estimate of drug-likeness (QED) is 0.252. The van der Waals surface area contributed by atoms with Crippen LogP contribution in [0.4, 0.5) is 26.3 Å². The number of esters is 2. The Hall–Kier alpha value is -3.92. The highest BCUT2D eigenvalue weighted by Crippen LogP contribution is 2.31. The molecule has 0 heterocycles. The average molecular weight is 496 g/mol. The first kappa shape index (κ1) is 27.3. The van der Waals surface area contributed by atoms with Crippen molar-refractivity contribution in [3.05, 3.63) is 70.8 Å². The van der Waals surface area contributed by atoms with Crippen LogP contribution in [0.1, 0.15) is 35.1 Å². The second-order valence-electron chi connectivity index (χ2n) is 7.17. The van der Waals surface area contributed by atoms with Crippen LogP contribution in [-0.4, -0.2) is 26.2 Å². The maximum absolute atomic E-state index is 12.7. The van der Waals surface area contributed by atoms with E-state index in [2.05, 4.69) is 23.7 Å². The molecule has 184 valence electrons. The van der Waals surface area contributed by atoms with Crippen LogP contribution in [0.15, 0.2) is 48.5 Å². The van der Waals surface area contributed by atoms with E-state index in [1.807, 2.05) is 0 Å². The molecule has 0 aliphatic heterocycles. The lowest BCUT2D eigenvalue weighted by molar-refractivity contribution is -0.168. The van der Waals surface area contributed by atoms with E-state index in [-0.39, 0.29) is 11.1 Å². The molecule has 0 bridgehead atoms. The van der Waals surface area contributed by atoms with E-state index in [0.29, 0.717) is 0 Å². The summed E-state index contributed by atoms with van der Waals surface area (Å²) in [6.45, 7) is 0. The minimum absolute atomic E-state index is 0.206. The van der Waals surface area contributed by atoms with E-state index in [1.165, 1.54) is 0 Å². The Kier molecular flexibility index (Phi) is 8.59. The fourth-order valence-electron chi connectivity index (χ4n) is 2.90. The summed E-state index contributed by atoms with van der Waals surface area (Å²) in [6, 6.07) is 7.91. The van der Waals surface area contributed by atoms with Gasteiger partial charge in [-0.2, -0.15) is 26.3 Å². The topological polar surface area (TPSA) is 52.6 Å². The highest BCUT2D eigenvalue weighted by Gasteiger charge is 2.47. The number of alkyl halides is 6. The molecule has 10 heteroatoms. The number of methoxy groups -OCH3 is 2. The van der Waals surface area contributed by atoms with Gasteiger partial charge in [-0.1, -0.05) is 23.7 Å².